The second-order valence-electron chi connectivity index (χ2n) is 6.68. The molecule has 0 aliphatic heterocycles. The van der Waals surface area contributed by atoms with Crippen molar-refractivity contribution in [2.75, 3.05) is 23.7 Å². The van der Waals surface area contributed by atoms with Crippen molar-refractivity contribution in [3.05, 3.63) is 65.2 Å². The van der Waals surface area contributed by atoms with Crippen molar-refractivity contribution in [2.24, 2.45) is 0 Å². The summed E-state index contributed by atoms with van der Waals surface area (Å²) in [4.78, 5) is 12.4. The summed E-state index contributed by atoms with van der Waals surface area (Å²) in [6.45, 7) is 6.03. The minimum Gasteiger partial charge on any atom is -0.354 e. The van der Waals surface area contributed by atoms with Crippen molar-refractivity contribution in [2.45, 2.75) is 26.7 Å². The van der Waals surface area contributed by atoms with Crippen molar-refractivity contribution in [1.29, 1.82) is 0 Å². The molecule has 26 heavy (non-hydrogen) atoms. The normalized spacial score (nSPS) is 12.5. The quantitative estimate of drug-likeness (QED) is 0.810. The Bertz CT molecular complexity index is 864. The van der Waals surface area contributed by atoms with Crippen LogP contribution in [0.25, 0.3) is 0 Å². The number of carbonyl (C=O) groups excluding carboxylic acids is 1. The maximum atomic E-state index is 12.4. The highest BCUT2D eigenvalue weighted by Gasteiger charge is 2.22. The van der Waals surface area contributed by atoms with E-state index < -0.39 is 10.0 Å². The molecule has 2 aromatic carbocycles. The minimum absolute atomic E-state index is 0.146. The standard InChI is InChI=1S/C20H26N2O3S/c1-15-10-11-19(16(2)12-15)22(26(4,24)25)14-20(23)21-13-17(3)18-8-6-5-7-9-18/h5-12,17H,13-14H2,1-4H3,(H,21,23)/t17-/m1/s1. The SMILES string of the molecule is Cc1ccc(N(CC(=O)NC[C@@H](C)c2ccccc2)S(C)(=O)=O)c(C)c1. The van der Waals surface area contributed by atoms with Crippen molar-refractivity contribution in [3.8, 4) is 0 Å². The Morgan fingerprint density at radius 3 is 2.35 bits per heavy atom. The zero-order valence-electron chi connectivity index (χ0n) is 15.7. The highest BCUT2D eigenvalue weighted by atomic mass is 32.2. The molecule has 0 radical (unpaired) electrons. The Balaban J connectivity index is 2.08. The highest BCUT2D eigenvalue weighted by molar-refractivity contribution is 7.92. The number of anilines is 1. The largest absolute Gasteiger partial charge is 0.354 e. The van der Waals surface area contributed by atoms with Crippen molar-refractivity contribution in [3.63, 3.8) is 0 Å². The molecule has 0 heterocycles. The summed E-state index contributed by atoms with van der Waals surface area (Å²) in [7, 11) is -3.57. The summed E-state index contributed by atoms with van der Waals surface area (Å²) in [5.74, 6) is -0.175. The molecule has 6 heteroatoms. The molecule has 0 spiro atoms. The average Bonchev–Trinajstić information content (AvgIpc) is 2.58. The van der Waals surface area contributed by atoms with Gasteiger partial charge in [0.15, 0.2) is 0 Å². The van der Waals surface area contributed by atoms with Gasteiger partial charge in [-0.25, -0.2) is 8.42 Å². The van der Waals surface area contributed by atoms with Crippen LogP contribution in [0, 0.1) is 13.8 Å². The minimum atomic E-state index is -3.57. The van der Waals surface area contributed by atoms with Gasteiger partial charge in [-0.3, -0.25) is 9.10 Å². The molecule has 0 unspecified atom stereocenters. The molecule has 0 saturated carbocycles. The fourth-order valence-electron chi connectivity index (χ4n) is 2.82. The first-order valence-electron chi connectivity index (χ1n) is 8.55. The molecule has 1 amide bonds. The lowest BCUT2D eigenvalue weighted by atomic mass is 10.0. The van der Waals surface area contributed by atoms with Gasteiger partial charge in [-0.05, 0) is 37.0 Å². The van der Waals surface area contributed by atoms with Gasteiger partial charge in [-0.2, -0.15) is 0 Å². The topological polar surface area (TPSA) is 66.5 Å². The van der Waals surface area contributed by atoms with Crippen LogP contribution >= 0.6 is 0 Å². The maximum absolute atomic E-state index is 12.4. The van der Waals surface area contributed by atoms with Crippen molar-refractivity contribution in [1.82, 2.24) is 5.32 Å². The lowest BCUT2D eigenvalue weighted by molar-refractivity contribution is -0.119. The van der Waals surface area contributed by atoms with E-state index in [-0.39, 0.29) is 18.4 Å². The summed E-state index contributed by atoms with van der Waals surface area (Å²) in [5.41, 5.74) is 3.52. The number of hydrogen-bond donors (Lipinski definition) is 1. The molecule has 0 aliphatic carbocycles. The Hall–Kier alpha value is -2.34. The second kappa shape index (κ2) is 8.36. The molecule has 0 saturated heterocycles. The molecule has 1 N–H and O–H groups in total. The zero-order valence-corrected chi connectivity index (χ0v) is 16.5. The summed E-state index contributed by atoms with van der Waals surface area (Å²) in [6.07, 6.45) is 1.12. The third-order valence-electron chi connectivity index (χ3n) is 4.28. The number of aryl methyl sites for hydroxylation is 2. The van der Waals surface area contributed by atoms with Crippen molar-refractivity contribution >= 4 is 21.6 Å². The van der Waals surface area contributed by atoms with Crippen LogP contribution in [-0.2, 0) is 14.8 Å². The van der Waals surface area contributed by atoms with E-state index in [0.29, 0.717) is 12.2 Å². The fraction of sp³-hybridized carbons (Fsp3) is 0.350. The van der Waals surface area contributed by atoms with Crippen LogP contribution in [0.3, 0.4) is 0 Å². The van der Waals surface area contributed by atoms with E-state index in [0.717, 1.165) is 27.3 Å². The number of nitrogens with zero attached hydrogens (tertiary/aromatic N) is 1. The molecule has 0 aliphatic rings. The average molecular weight is 375 g/mol. The molecule has 0 bridgehead atoms. The van der Waals surface area contributed by atoms with E-state index in [1.54, 1.807) is 6.07 Å². The molecular formula is C20H26N2O3S. The van der Waals surface area contributed by atoms with Gasteiger partial charge in [0.05, 0.1) is 11.9 Å². The van der Waals surface area contributed by atoms with Gasteiger partial charge in [0, 0.05) is 6.54 Å². The van der Waals surface area contributed by atoms with Crippen LogP contribution in [0.4, 0.5) is 5.69 Å². The van der Waals surface area contributed by atoms with E-state index in [1.165, 1.54) is 0 Å². The predicted octanol–water partition coefficient (Wildman–Crippen LogP) is 2.99. The van der Waals surface area contributed by atoms with Crippen LogP contribution in [0.1, 0.15) is 29.5 Å². The number of rotatable bonds is 7. The van der Waals surface area contributed by atoms with Crippen LogP contribution < -0.4 is 9.62 Å². The number of sulfonamides is 1. The number of carbonyl (C=O) groups is 1. The van der Waals surface area contributed by atoms with Gasteiger partial charge in [-0.1, -0.05) is 55.0 Å². The first kappa shape index (κ1) is 20.0. The number of amides is 1. The second-order valence-corrected chi connectivity index (χ2v) is 8.58. The molecule has 1 atom stereocenters. The third-order valence-corrected chi connectivity index (χ3v) is 5.41. The Kier molecular flexibility index (Phi) is 6.42. The van der Waals surface area contributed by atoms with Gasteiger partial charge in [0.1, 0.15) is 6.54 Å². The van der Waals surface area contributed by atoms with E-state index in [2.05, 4.69) is 5.32 Å². The zero-order chi connectivity index (χ0) is 19.3. The van der Waals surface area contributed by atoms with Gasteiger partial charge in [0.25, 0.3) is 0 Å². The maximum Gasteiger partial charge on any atom is 0.240 e. The van der Waals surface area contributed by atoms with Crippen LogP contribution in [0.2, 0.25) is 0 Å². The van der Waals surface area contributed by atoms with Crippen LogP contribution in [0.5, 0.6) is 0 Å². The van der Waals surface area contributed by atoms with Crippen LogP contribution in [0.15, 0.2) is 48.5 Å². The summed E-state index contributed by atoms with van der Waals surface area (Å²) in [5, 5.41) is 2.84. The highest BCUT2D eigenvalue weighted by Crippen LogP contribution is 2.23. The van der Waals surface area contributed by atoms with Gasteiger partial charge >= 0.3 is 0 Å². The molecule has 2 aromatic rings. The van der Waals surface area contributed by atoms with Crippen LogP contribution in [-0.4, -0.2) is 33.7 Å². The molecular weight excluding hydrogens is 348 g/mol. The number of nitrogens with one attached hydrogen (secondary N) is 1. The van der Waals surface area contributed by atoms with Gasteiger partial charge in [0.2, 0.25) is 15.9 Å². The third kappa shape index (κ3) is 5.33. The summed E-state index contributed by atoms with van der Waals surface area (Å²) >= 11 is 0. The van der Waals surface area contributed by atoms with Crippen molar-refractivity contribution < 1.29 is 13.2 Å². The van der Waals surface area contributed by atoms with Gasteiger partial charge in [-0.15, -0.1) is 0 Å². The lowest BCUT2D eigenvalue weighted by Crippen LogP contribution is -2.41. The molecule has 0 aromatic heterocycles. The van der Waals surface area contributed by atoms with E-state index in [4.69, 9.17) is 0 Å². The molecule has 2 rings (SSSR count). The Morgan fingerprint density at radius 2 is 1.77 bits per heavy atom. The van der Waals surface area contributed by atoms with E-state index in [9.17, 15) is 13.2 Å². The molecule has 140 valence electrons. The first-order valence-corrected chi connectivity index (χ1v) is 10.4. The molecule has 5 nitrogen and oxygen atoms in total. The first-order chi connectivity index (χ1) is 12.2. The monoisotopic (exact) mass is 374 g/mol. The predicted molar refractivity (Wildman–Crippen MR) is 106 cm³/mol. The fourth-order valence-corrected chi connectivity index (χ4v) is 3.73. The lowest BCUT2D eigenvalue weighted by Gasteiger charge is -2.24. The smallest absolute Gasteiger partial charge is 0.240 e. The number of hydrogen-bond acceptors (Lipinski definition) is 3. The van der Waals surface area contributed by atoms with Gasteiger partial charge < -0.3 is 5.32 Å². The van der Waals surface area contributed by atoms with E-state index >= 15 is 0 Å². The van der Waals surface area contributed by atoms with E-state index in [1.807, 2.05) is 63.2 Å². The molecule has 0 fully saturated rings. The Morgan fingerprint density at radius 1 is 1.12 bits per heavy atom. The summed E-state index contributed by atoms with van der Waals surface area (Å²) < 4.78 is 25.6. The summed E-state index contributed by atoms with van der Waals surface area (Å²) in [6, 6.07) is 15.4. The number of benzene rings is 2. The Labute approximate surface area is 156 Å².